The zero-order valence-corrected chi connectivity index (χ0v) is 9.93. The Kier molecular flexibility index (Phi) is 3.39. The van der Waals surface area contributed by atoms with Crippen molar-refractivity contribution in [2.75, 3.05) is 11.4 Å². The average Bonchev–Trinajstić information content (AvgIpc) is 2.32. The smallest absolute Gasteiger partial charge is 0.225 e. The molecule has 0 radical (unpaired) electrons. The van der Waals surface area contributed by atoms with Gasteiger partial charge in [-0.3, -0.25) is 0 Å². The van der Waals surface area contributed by atoms with E-state index in [0.717, 1.165) is 18.1 Å². The molecule has 0 spiro atoms. The first-order valence-electron chi connectivity index (χ1n) is 5.89. The van der Waals surface area contributed by atoms with Crippen LogP contribution < -0.4 is 4.90 Å². The van der Waals surface area contributed by atoms with Crippen LogP contribution in [0.5, 0.6) is 0 Å². The molecule has 2 unspecified atom stereocenters. The van der Waals surface area contributed by atoms with Gasteiger partial charge in [0, 0.05) is 30.5 Å². The molecule has 16 heavy (non-hydrogen) atoms. The molecule has 0 saturated carbocycles. The Morgan fingerprint density at radius 3 is 2.62 bits per heavy atom. The van der Waals surface area contributed by atoms with Crippen LogP contribution in [0.1, 0.15) is 32.3 Å². The van der Waals surface area contributed by atoms with E-state index >= 15 is 0 Å². The maximum absolute atomic E-state index is 8.94. The summed E-state index contributed by atoms with van der Waals surface area (Å²) in [7, 11) is 0. The number of hydrogen-bond acceptors (Lipinski definition) is 4. The summed E-state index contributed by atoms with van der Waals surface area (Å²) in [4.78, 5) is 10.9. The van der Waals surface area contributed by atoms with E-state index in [1.165, 1.54) is 12.8 Å². The molecule has 1 aliphatic heterocycles. The summed E-state index contributed by atoms with van der Waals surface area (Å²) in [6.45, 7) is 5.52. The highest BCUT2D eigenvalue weighted by atomic mass is 16.3. The van der Waals surface area contributed by atoms with Gasteiger partial charge in [0.25, 0.3) is 0 Å². The summed E-state index contributed by atoms with van der Waals surface area (Å²) >= 11 is 0. The first-order chi connectivity index (χ1) is 7.70. The molecule has 1 fully saturated rings. The summed E-state index contributed by atoms with van der Waals surface area (Å²) in [6, 6.07) is 0.510. The highest BCUT2D eigenvalue weighted by molar-refractivity contribution is 5.32. The summed E-state index contributed by atoms with van der Waals surface area (Å²) in [5, 5.41) is 8.94. The van der Waals surface area contributed by atoms with Crippen LogP contribution in [0.25, 0.3) is 0 Å². The minimum absolute atomic E-state index is 0.00619. The third-order valence-electron chi connectivity index (χ3n) is 3.25. The number of anilines is 1. The topological polar surface area (TPSA) is 49.2 Å². The lowest BCUT2D eigenvalue weighted by Gasteiger charge is -2.36. The Morgan fingerprint density at radius 2 is 2.00 bits per heavy atom. The molecule has 4 nitrogen and oxygen atoms in total. The molecule has 2 atom stereocenters. The number of aromatic nitrogens is 2. The standard InChI is InChI=1S/C12H19N3O/c1-9-3-4-10(2)15(7-9)12-13-5-11(8-16)6-14-12/h5-6,9-10,16H,3-4,7-8H2,1-2H3. The largest absolute Gasteiger partial charge is 0.392 e. The second-order valence-corrected chi connectivity index (χ2v) is 4.73. The van der Waals surface area contributed by atoms with Crippen molar-refractivity contribution in [2.45, 2.75) is 39.3 Å². The van der Waals surface area contributed by atoms with E-state index < -0.39 is 0 Å². The van der Waals surface area contributed by atoms with E-state index in [-0.39, 0.29) is 6.61 Å². The molecular formula is C12H19N3O. The minimum atomic E-state index is 0.00619. The van der Waals surface area contributed by atoms with Crippen LogP contribution in [0, 0.1) is 5.92 Å². The van der Waals surface area contributed by atoms with Crippen LogP contribution in [-0.4, -0.2) is 27.7 Å². The maximum atomic E-state index is 8.94. The molecule has 1 N–H and O–H groups in total. The van der Waals surface area contributed by atoms with Gasteiger partial charge in [0.15, 0.2) is 0 Å². The van der Waals surface area contributed by atoms with Gasteiger partial charge in [-0.15, -0.1) is 0 Å². The first-order valence-corrected chi connectivity index (χ1v) is 5.89. The van der Waals surface area contributed by atoms with Crippen molar-refractivity contribution in [1.82, 2.24) is 9.97 Å². The van der Waals surface area contributed by atoms with E-state index in [9.17, 15) is 0 Å². The average molecular weight is 221 g/mol. The molecule has 0 bridgehead atoms. The lowest BCUT2D eigenvalue weighted by Crippen LogP contribution is -2.42. The van der Waals surface area contributed by atoms with Gasteiger partial charge in [0.1, 0.15) is 0 Å². The molecule has 1 aliphatic rings. The second kappa shape index (κ2) is 4.78. The SMILES string of the molecule is CC1CCC(C)N(c2ncc(CO)cn2)C1. The van der Waals surface area contributed by atoms with Crippen LogP contribution in [-0.2, 0) is 6.61 Å². The Labute approximate surface area is 96.3 Å². The molecule has 0 aromatic carbocycles. The normalized spacial score (nSPS) is 25.8. The Bertz CT molecular complexity index is 339. The Hall–Kier alpha value is -1.16. The fraction of sp³-hybridized carbons (Fsp3) is 0.667. The van der Waals surface area contributed by atoms with Crippen molar-refractivity contribution in [2.24, 2.45) is 5.92 Å². The summed E-state index contributed by atoms with van der Waals surface area (Å²) in [5.41, 5.74) is 0.765. The van der Waals surface area contributed by atoms with Gasteiger partial charge in [-0.1, -0.05) is 6.92 Å². The van der Waals surface area contributed by atoms with Crippen LogP contribution >= 0.6 is 0 Å². The van der Waals surface area contributed by atoms with E-state index in [2.05, 4.69) is 28.7 Å². The minimum Gasteiger partial charge on any atom is -0.392 e. The second-order valence-electron chi connectivity index (χ2n) is 4.73. The van der Waals surface area contributed by atoms with Crippen LogP contribution in [0.2, 0.25) is 0 Å². The Balaban J connectivity index is 2.15. The molecule has 2 heterocycles. The monoisotopic (exact) mass is 221 g/mol. The van der Waals surface area contributed by atoms with Crippen LogP contribution in [0.4, 0.5) is 5.95 Å². The molecule has 4 heteroatoms. The molecule has 2 rings (SSSR count). The third kappa shape index (κ3) is 2.32. The van der Waals surface area contributed by atoms with Gasteiger partial charge in [-0.25, -0.2) is 9.97 Å². The van der Waals surface area contributed by atoms with Gasteiger partial charge < -0.3 is 10.0 Å². The first kappa shape index (κ1) is 11.3. The fourth-order valence-electron chi connectivity index (χ4n) is 2.15. The van der Waals surface area contributed by atoms with Crippen molar-refractivity contribution in [3.05, 3.63) is 18.0 Å². The maximum Gasteiger partial charge on any atom is 0.225 e. The van der Waals surface area contributed by atoms with Gasteiger partial charge in [-0.2, -0.15) is 0 Å². The summed E-state index contributed by atoms with van der Waals surface area (Å²) in [6.07, 6.45) is 5.89. The molecular weight excluding hydrogens is 202 g/mol. The van der Waals surface area contributed by atoms with Crippen LogP contribution in [0.3, 0.4) is 0 Å². The lowest BCUT2D eigenvalue weighted by molar-refractivity contribution is 0.281. The van der Waals surface area contributed by atoms with Crippen molar-refractivity contribution in [1.29, 1.82) is 0 Å². The molecule has 88 valence electrons. The molecule has 1 aromatic heterocycles. The van der Waals surface area contributed by atoms with E-state index in [4.69, 9.17) is 5.11 Å². The highest BCUT2D eigenvalue weighted by Crippen LogP contribution is 2.24. The molecule has 0 amide bonds. The number of piperidine rings is 1. The number of rotatable bonds is 2. The number of aliphatic hydroxyl groups is 1. The summed E-state index contributed by atoms with van der Waals surface area (Å²) < 4.78 is 0. The molecule has 1 aromatic rings. The zero-order valence-electron chi connectivity index (χ0n) is 9.93. The van der Waals surface area contributed by atoms with E-state index in [1.807, 2.05) is 0 Å². The van der Waals surface area contributed by atoms with Crippen molar-refractivity contribution >= 4 is 5.95 Å². The quantitative estimate of drug-likeness (QED) is 0.824. The van der Waals surface area contributed by atoms with Gasteiger partial charge >= 0.3 is 0 Å². The molecule has 0 aliphatic carbocycles. The van der Waals surface area contributed by atoms with Gasteiger partial charge in [-0.05, 0) is 25.7 Å². The number of nitrogens with zero attached hydrogens (tertiary/aromatic N) is 3. The predicted molar refractivity (Wildman–Crippen MR) is 63.2 cm³/mol. The summed E-state index contributed by atoms with van der Waals surface area (Å²) in [5.74, 6) is 1.49. The van der Waals surface area contributed by atoms with E-state index in [1.54, 1.807) is 12.4 Å². The van der Waals surface area contributed by atoms with Crippen molar-refractivity contribution in [3.8, 4) is 0 Å². The zero-order chi connectivity index (χ0) is 11.5. The highest BCUT2D eigenvalue weighted by Gasteiger charge is 2.24. The number of hydrogen-bond donors (Lipinski definition) is 1. The Morgan fingerprint density at radius 1 is 1.31 bits per heavy atom. The van der Waals surface area contributed by atoms with Crippen molar-refractivity contribution < 1.29 is 5.11 Å². The van der Waals surface area contributed by atoms with Crippen molar-refractivity contribution in [3.63, 3.8) is 0 Å². The fourth-order valence-corrected chi connectivity index (χ4v) is 2.15. The van der Waals surface area contributed by atoms with Gasteiger partial charge in [0.05, 0.1) is 6.61 Å². The van der Waals surface area contributed by atoms with Gasteiger partial charge in [0.2, 0.25) is 5.95 Å². The molecule has 1 saturated heterocycles. The number of aliphatic hydroxyl groups excluding tert-OH is 1. The third-order valence-corrected chi connectivity index (χ3v) is 3.25. The van der Waals surface area contributed by atoms with E-state index in [0.29, 0.717) is 12.0 Å². The lowest BCUT2D eigenvalue weighted by atomic mass is 9.95. The van der Waals surface area contributed by atoms with Crippen LogP contribution in [0.15, 0.2) is 12.4 Å². The predicted octanol–water partition coefficient (Wildman–Crippen LogP) is 1.59.